The van der Waals surface area contributed by atoms with E-state index >= 15 is 0 Å². The van der Waals surface area contributed by atoms with Crippen LogP contribution in [0.3, 0.4) is 0 Å². The summed E-state index contributed by atoms with van der Waals surface area (Å²) in [5.41, 5.74) is 3.94. The van der Waals surface area contributed by atoms with Crippen LogP contribution in [0.2, 0.25) is 0 Å². The van der Waals surface area contributed by atoms with E-state index in [4.69, 9.17) is 5.84 Å². The Kier molecular flexibility index (Phi) is 3.34. The molecule has 4 heteroatoms. The molecule has 0 unspecified atom stereocenters. The molecule has 0 saturated carbocycles. The zero-order valence-corrected chi connectivity index (χ0v) is 7.83. The number of thiophene rings is 1. The summed E-state index contributed by atoms with van der Waals surface area (Å²) in [6.07, 6.45) is 0.987. The summed E-state index contributed by atoms with van der Waals surface area (Å²) in [4.78, 5) is 0. The molecule has 1 aromatic rings. The third-order valence-electron chi connectivity index (χ3n) is 1.23. The van der Waals surface area contributed by atoms with Crippen LogP contribution in [0.4, 0.5) is 0 Å². The average molecular weight is 221 g/mol. The Morgan fingerprint density at radius 1 is 1.70 bits per heavy atom. The third kappa shape index (κ3) is 2.05. The van der Waals surface area contributed by atoms with Gasteiger partial charge in [0, 0.05) is 6.54 Å². The number of nitrogens with one attached hydrogen (secondary N) is 1. The van der Waals surface area contributed by atoms with E-state index in [2.05, 4.69) is 32.8 Å². The van der Waals surface area contributed by atoms with Crippen LogP contribution in [0.25, 0.3) is 0 Å². The Bertz CT molecular complexity index is 199. The number of nitrogens with two attached hydrogens (primary N) is 1. The molecule has 0 aromatic carbocycles. The van der Waals surface area contributed by atoms with Gasteiger partial charge in [0.2, 0.25) is 0 Å². The molecule has 56 valence electrons. The molecule has 0 bridgehead atoms. The molecule has 0 fully saturated rings. The molecule has 1 aromatic heterocycles. The van der Waals surface area contributed by atoms with Gasteiger partial charge >= 0.3 is 0 Å². The Balaban J connectivity index is 2.49. The maximum Gasteiger partial charge on any atom is 0.0730 e. The fourth-order valence-electron chi connectivity index (χ4n) is 0.706. The van der Waals surface area contributed by atoms with E-state index in [0.717, 1.165) is 13.0 Å². The highest BCUT2D eigenvalue weighted by molar-refractivity contribution is 9.11. The highest BCUT2D eigenvalue weighted by atomic mass is 79.9. The lowest BCUT2D eigenvalue weighted by Gasteiger charge is -1.96. The molecular weight excluding hydrogens is 212 g/mol. The van der Waals surface area contributed by atoms with Crippen LogP contribution in [0.5, 0.6) is 0 Å². The number of hydrazine groups is 1. The highest BCUT2D eigenvalue weighted by Gasteiger charge is 1.98. The molecule has 0 saturated heterocycles. The molecule has 3 N–H and O–H groups in total. The summed E-state index contributed by atoms with van der Waals surface area (Å²) in [5.74, 6) is 5.13. The first-order valence-corrected chi connectivity index (χ1v) is 4.67. The number of hydrogen-bond donors (Lipinski definition) is 2. The van der Waals surface area contributed by atoms with Crippen LogP contribution in [0.1, 0.15) is 5.56 Å². The Hall–Kier alpha value is 0.100. The van der Waals surface area contributed by atoms with Gasteiger partial charge in [-0.05, 0) is 39.4 Å². The Morgan fingerprint density at radius 2 is 2.50 bits per heavy atom. The van der Waals surface area contributed by atoms with Gasteiger partial charge in [-0.25, -0.2) is 0 Å². The minimum absolute atomic E-state index is 0.829. The molecule has 1 heterocycles. The van der Waals surface area contributed by atoms with Crippen molar-refractivity contribution in [2.24, 2.45) is 5.84 Å². The molecule has 0 aliphatic carbocycles. The van der Waals surface area contributed by atoms with E-state index in [1.54, 1.807) is 11.3 Å². The van der Waals surface area contributed by atoms with E-state index in [1.165, 1.54) is 9.35 Å². The molecule has 0 aliphatic heterocycles. The maximum atomic E-state index is 5.13. The number of rotatable bonds is 3. The largest absolute Gasteiger partial charge is 0.271 e. The molecule has 1 rings (SSSR count). The fourth-order valence-corrected chi connectivity index (χ4v) is 2.03. The van der Waals surface area contributed by atoms with Gasteiger partial charge in [-0.15, -0.1) is 11.3 Å². The van der Waals surface area contributed by atoms with Crippen molar-refractivity contribution < 1.29 is 0 Å². The van der Waals surface area contributed by atoms with Crippen molar-refractivity contribution in [2.75, 3.05) is 6.54 Å². The zero-order chi connectivity index (χ0) is 7.40. The monoisotopic (exact) mass is 220 g/mol. The Morgan fingerprint density at radius 3 is 3.00 bits per heavy atom. The second-order valence-corrected chi connectivity index (χ2v) is 4.16. The van der Waals surface area contributed by atoms with E-state index in [9.17, 15) is 0 Å². The minimum atomic E-state index is 0.829. The van der Waals surface area contributed by atoms with Gasteiger partial charge in [-0.2, -0.15) is 0 Å². The molecule has 0 radical (unpaired) electrons. The van der Waals surface area contributed by atoms with Crippen molar-refractivity contribution in [3.05, 3.63) is 20.8 Å². The normalized spacial score (nSPS) is 10.2. The quantitative estimate of drug-likeness (QED) is 0.599. The first-order valence-electron chi connectivity index (χ1n) is 3.00. The molecule has 0 spiro atoms. The van der Waals surface area contributed by atoms with Crippen molar-refractivity contribution >= 4 is 27.3 Å². The smallest absolute Gasteiger partial charge is 0.0730 e. The second kappa shape index (κ2) is 4.08. The topological polar surface area (TPSA) is 38.0 Å². The van der Waals surface area contributed by atoms with Gasteiger partial charge < -0.3 is 0 Å². The molecule has 2 nitrogen and oxygen atoms in total. The lowest BCUT2D eigenvalue weighted by Crippen LogP contribution is -2.24. The molecule has 0 aliphatic rings. The summed E-state index contributed by atoms with van der Waals surface area (Å²) in [7, 11) is 0. The van der Waals surface area contributed by atoms with Crippen LogP contribution in [0.15, 0.2) is 15.2 Å². The van der Waals surface area contributed by atoms with E-state index < -0.39 is 0 Å². The van der Waals surface area contributed by atoms with E-state index in [-0.39, 0.29) is 0 Å². The Labute approximate surface area is 72.5 Å². The molecular formula is C6H9BrN2S. The van der Waals surface area contributed by atoms with Crippen LogP contribution in [-0.2, 0) is 6.42 Å². The summed E-state index contributed by atoms with van der Waals surface area (Å²) in [6.45, 7) is 0.829. The van der Waals surface area contributed by atoms with Gasteiger partial charge in [0.05, 0.1) is 3.79 Å². The van der Waals surface area contributed by atoms with Crippen LogP contribution in [0, 0.1) is 0 Å². The maximum absolute atomic E-state index is 5.13. The van der Waals surface area contributed by atoms with Gasteiger partial charge in [0.1, 0.15) is 0 Å². The number of halogens is 1. The third-order valence-corrected chi connectivity index (χ3v) is 3.04. The first kappa shape index (κ1) is 8.20. The molecule has 10 heavy (non-hydrogen) atoms. The second-order valence-electron chi connectivity index (χ2n) is 1.92. The van der Waals surface area contributed by atoms with Gasteiger partial charge in [-0.1, -0.05) is 0 Å². The van der Waals surface area contributed by atoms with Gasteiger partial charge in [0.25, 0.3) is 0 Å². The van der Waals surface area contributed by atoms with E-state index in [0.29, 0.717) is 0 Å². The van der Waals surface area contributed by atoms with E-state index in [1.807, 2.05) is 0 Å². The summed E-state index contributed by atoms with van der Waals surface area (Å²) < 4.78 is 1.21. The van der Waals surface area contributed by atoms with Crippen molar-refractivity contribution in [2.45, 2.75) is 6.42 Å². The minimum Gasteiger partial charge on any atom is -0.271 e. The van der Waals surface area contributed by atoms with Crippen LogP contribution >= 0.6 is 27.3 Å². The SMILES string of the molecule is NNCCc1ccsc1Br. The average Bonchev–Trinajstić information content (AvgIpc) is 2.31. The fraction of sp³-hybridized carbons (Fsp3) is 0.333. The van der Waals surface area contributed by atoms with Crippen LogP contribution < -0.4 is 11.3 Å². The zero-order valence-electron chi connectivity index (χ0n) is 5.43. The summed E-state index contributed by atoms with van der Waals surface area (Å²) >= 11 is 5.15. The van der Waals surface area contributed by atoms with Crippen molar-refractivity contribution in [3.63, 3.8) is 0 Å². The summed E-state index contributed by atoms with van der Waals surface area (Å²) in [6, 6.07) is 2.10. The highest BCUT2D eigenvalue weighted by Crippen LogP contribution is 2.23. The predicted molar refractivity (Wildman–Crippen MR) is 47.9 cm³/mol. The standard InChI is InChI=1S/C6H9BrN2S/c7-6-5(1-3-9-8)2-4-10-6/h2,4,9H,1,3,8H2. The van der Waals surface area contributed by atoms with Gasteiger partial charge in [-0.3, -0.25) is 11.3 Å². The summed E-state index contributed by atoms with van der Waals surface area (Å²) in [5, 5.41) is 2.07. The lowest BCUT2D eigenvalue weighted by molar-refractivity contribution is 0.728. The number of hydrogen-bond acceptors (Lipinski definition) is 3. The van der Waals surface area contributed by atoms with Crippen molar-refractivity contribution in [1.29, 1.82) is 0 Å². The molecule has 0 atom stereocenters. The predicted octanol–water partition coefficient (Wildman–Crippen LogP) is 1.52. The molecule has 0 amide bonds. The lowest BCUT2D eigenvalue weighted by atomic mass is 10.2. The first-order chi connectivity index (χ1) is 4.84. The van der Waals surface area contributed by atoms with Gasteiger partial charge in [0.15, 0.2) is 0 Å². The van der Waals surface area contributed by atoms with Crippen molar-refractivity contribution in [3.8, 4) is 0 Å². The van der Waals surface area contributed by atoms with Crippen molar-refractivity contribution in [1.82, 2.24) is 5.43 Å². The van der Waals surface area contributed by atoms with Crippen LogP contribution in [-0.4, -0.2) is 6.54 Å².